The molecule has 0 heterocycles. The third-order valence-corrected chi connectivity index (χ3v) is 3.78. The van der Waals surface area contributed by atoms with Gasteiger partial charge < -0.3 is 5.73 Å². The van der Waals surface area contributed by atoms with E-state index in [1.807, 2.05) is 30.5 Å². The van der Waals surface area contributed by atoms with Gasteiger partial charge in [-0.05, 0) is 47.7 Å². The minimum Gasteiger partial charge on any atom is -0.399 e. The first-order chi connectivity index (χ1) is 8.20. The molecule has 0 saturated heterocycles. The second-order valence-electron chi connectivity index (χ2n) is 4.05. The number of ketones is 1. The smallest absolute Gasteiger partial charge is 0.194 e. The van der Waals surface area contributed by atoms with E-state index in [0.717, 1.165) is 22.3 Å². The number of carbonyl (C=O) groups excluding carboxylic acids is 1. The Morgan fingerprint density at radius 3 is 2.47 bits per heavy atom. The first kappa shape index (κ1) is 10.4. The maximum Gasteiger partial charge on any atom is 0.194 e. The lowest BCUT2D eigenvalue weighted by atomic mass is 10.1. The van der Waals surface area contributed by atoms with Crippen molar-refractivity contribution in [2.75, 3.05) is 12.0 Å². The first-order valence-corrected chi connectivity index (χ1v) is 6.56. The van der Waals surface area contributed by atoms with Gasteiger partial charge in [-0.3, -0.25) is 4.79 Å². The lowest BCUT2D eigenvalue weighted by Crippen LogP contribution is -1.96. The largest absolute Gasteiger partial charge is 0.399 e. The lowest BCUT2D eigenvalue weighted by molar-refractivity contribution is 0.104. The number of rotatable bonds is 1. The normalized spacial score (nSPS) is 12.4. The molecule has 2 nitrogen and oxygen atoms in total. The molecule has 0 atom stereocenters. The molecule has 0 aromatic heterocycles. The molecule has 0 unspecified atom stereocenters. The summed E-state index contributed by atoms with van der Waals surface area (Å²) in [5.74, 6) is 0.0787. The summed E-state index contributed by atoms with van der Waals surface area (Å²) < 4.78 is 0. The molecule has 2 aromatic rings. The van der Waals surface area contributed by atoms with Crippen LogP contribution in [0.1, 0.15) is 15.9 Å². The zero-order chi connectivity index (χ0) is 12.0. The molecule has 0 spiro atoms. The molecule has 0 amide bonds. The van der Waals surface area contributed by atoms with Crippen LogP contribution in [0, 0.1) is 0 Å². The number of hydrogen-bond donors (Lipinski definition) is 1. The van der Waals surface area contributed by atoms with Crippen LogP contribution in [0.5, 0.6) is 0 Å². The minimum absolute atomic E-state index is 0.0787. The fraction of sp³-hybridized carbons (Fsp3) is 0.0714. The highest BCUT2D eigenvalue weighted by atomic mass is 32.2. The zero-order valence-electron chi connectivity index (χ0n) is 9.36. The molecule has 2 N–H and O–H groups in total. The second kappa shape index (κ2) is 3.64. The highest BCUT2D eigenvalue weighted by molar-refractivity contribution is 7.98. The number of benzene rings is 2. The van der Waals surface area contributed by atoms with Crippen LogP contribution in [0.2, 0.25) is 0 Å². The maximum absolute atomic E-state index is 12.2. The number of nitrogen functional groups attached to an aromatic ring is 1. The summed E-state index contributed by atoms with van der Waals surface area (Å²) in [6.07, 6.45) is 2.03. The van der Waals surface area contributed by atoms with Gasteiger partial charge in [-0.1, -0.05) is 6.07 Å². The molecule has 1 aliphatic carbocycles. The van der Waals surface area contributed by atoms with Crippen LogP contribution in [0.4, 0.5) is 5.69 Å². The molecule has 1 aliphatic rings. The zero-order valence-corrected chi connectivity index (χ0v) is 10.2. The van der Waals surface area contributed by atoms with Crippen LogP contribution in [-0.2, 0) is 0 Å². The van der Waals surface area contributed by atoms with E-state index in [1.165, 1.54) is 4.90 Å². The summed E-state index contributed by atoms with van der Waals surface area (Å²) in [7, 11) is 0. The van der Waals surface area contributed by atoms with Crippen molar-refractivity contribution in [1.29, 1.82) is 0 Å². The standard InChI is InChI=1S/C14H11NOS/c1-17-9-3-5-11-12(7-9)10-4-2-8(15)6-13(10)14(11)16/h2-7H,15H2,1H3. The summed E-state index contributed by atoms with van der Waals surface area (Å²) in [5, 5.41) is 0. The molecule has 17 heavy (non-hydrogen) atoms. The fourth-order valence-electron chi connectivity index (χ4n) is 2.20. The van der Waals surface area contributed by atoms with Crippen LogP contribution < -0.4 is 5.73 Å². The fourth-order valence-corrected chi connectivity index (χ4v) is 2.64. The molecule has 0 radical (unpaired) electrons. The van der Waals surface area contributed by atoms with Crippen molar-refractivity contribution >= 4 is 23.2 Å². The Balaban J connectivity index is 2.29. The third kappa shape index (κ3) is 1.46. The number of thioether (sulfide) groups is 1. The highest BCUT2D eigenvalue weighted by Gasteiger charge is 2.26. The summed E-state index contributed by atoms with van der Waals surface area (Å²) in [4.78, 5) is 13.3. The van der Waals surface area contributed by atoms with E-state index in [1.54, 1.807) is 17.8 Å². The van der Waals surface area contributed by atoms with Crippen molar-refractivity contribution in [3.05, 3.63) is 47.5 Å². The highest BCUT2D eigenvalue weighted by Crippen LogP contribution is 2.39. The summed E-state index contributed by atoms with van der Waals surface area (Å²) in [6, 6.07) is 11.5. The quantitative estimate of drug-likeness (QED) is 0.525. The monoisotopic (exact) mass is 241 g/mol. The Labute approximate surface area is 104 Å². The minimum atomic E-state index is 0.0787. The maximum atomic E-state index is 12.2. The van der Waals surface area contributed by atoms with Crippen LogP contribution in [0.3, 0.4) is 0 Å². The number of fused-ring (bicyclic) bond motifs is 3. The van der Waals surface area contributed by atoms with Crippen molar-refractivity contribution in [2.24, 2.45) is 0 Å². The van der Waals surface area contributed by atoms with E-state index in [4.69, 9.17) is 5.73 Å². The Hall–Kier alpha value is -1.74. The Morgan fingerprint density at radius 1 is 0.941 bits per heavy atom. The van der Waals surface area contributed by atoms with Crippen LogP contribution >= 0.6 is 11.8 Å². The van der Waals surface area contributed by atoms with Crippen molar-refractivity contribution < 1.29 is 4.79 Å². The SMILES string of the molecule is CSc1ccc2c(c1)-c1ccc(N)cc1C2=O. The van der Waals surface area contributed by atoms with Gasteiger partial charge in [-0.25, -0.2) is 0 Å². The van der Waals surface area contributed by atoms with Gasteiger partial charge in [0.25, 0.3) is 0 Å². The number of anilines is 1. The predicted molar refractivity (Wildman–Crippen MR) is 71.5 cm³/mol. The van der Waals surface area contributed by atoms with Gasteiger partial charge in [-0.2, -0.15) is 0 Å². The average molecular weight is 241 g/mol. The van der Waals surface area contributed by atoms with E-state index in [0.29, 0.717) is 5.69 Å². The van der Waals surface area contributed by atoms with E-state index in [9.17, 15) is 4.79 Å². The van der Waals surface area contributed by atoms with E-state index < -0.39 is 0 Å². The number of nitrogens with two attached hydrogens (primary N) is 1. The molecule has 0 saturated carbocycles. The molecule has 0 bridgehead atoms. The molecule has 3 rings (SSSR count). The first-order valence-electron chi connectivity index (χ1n) is 5.33. The number of hydrogen-bond acceptors (Lipinski definition) is 3. The predicted octanol–water partition coefficient (Wildman–Crippen LogP) is 3.20. The van der Waals surface area contributed by atoms with Gasteiger partial charge in [0.05, 0.1) is 0 Å². The van der Waals surface area contributed by atoms with Gasteiger partial charge >= 0.3 is 0 Å². The number of carbonyl (C=O) groups is 1. The van der Waals surface area contributed by atoms with Crippen LogP contribution in [-0.4, -0.2) is 12.0 Å². The topological polar surface area (TPSA) is 43.1 Å². The van der Waals surface area contributed by atoms with Gasteiger partial charge in [0.1, 0.15) is 0 Å². The summed E-state index contributed by atoms with van der Waals surface area (Å²) in [5.41, 5.74) is 9.88. The van der Waals surface area contributed by atoms with Gasteiger partial charge in [0.2, 0.25) is 0 Å². The molecule has 2 aromatic carbocycles. The van der Waals surface area contributed by atoms with E-state index in [2.05, 4.69) is 6.07 Å². The van der Waals surface area contributed by atoms with Crippen LogP contribution in [0.15, 0.2) is 41.3 Å². The van der Waals surface area contributed by atoms with Crippen molar-refractivity contribution in [3.8, 4) is 11.1 Å². The Kier molecular flexibility index (Phi) is 2.23. The Morgan fingerprint density at radius 2 is 1.71 bits per heavy atom. The molecule has 84 valence electrons. The summed E-state index contributed by atoms with van der Waals surface area (Å²) >= 11 is 1.68. The molecular formula is C14H11NOS. The van der Waals surface area contributed by atoms with E-state index >= 15 is 0 Å². The summed E-state index contributed by atoms with van der Waals surface area (Å²) in [6.45, 7) is 0. The third-order valence-electron chi connectivity index (χ3n) is 3.05. The lowest BCUT2D eigenvalue weighted by Gasteiger charge is -2.02. The van der Waals surface area contributed by atoms with Crippen LogP contribution in [0.25, 0.3) is 11.1 Å². The van der Waals surface area contributed by atoms with Crippen molar-refractivity contribution in [3.63, 3.8) is 0 Å². The van der Waals surface area contributed by atoms with Crippen molar-refractivity contribution in [1.82, 2.24) is 0 Å². The van der Waals surface area contributed by atoms with Gasteiger partial charge in [0, 0.05) is 21.7 Å². The molecule has 0 fully saturated rings. The Bertz CT molecular complexity index is 634. The van der Waals surface area contributed by atoms with Gasteiger partial charge in [-0.15, -0.1) is 11.8 Å². The molecular weight excluding hydrogens is 230 g/mol. The second-order valence-corrected chi connectivity index (χ2v) is 4.93. The van der Waals surface area contributed by atoms with Gasteiger partial charge in [0.15, 0.2) is 5.78 Å². The molecule has 3 heteroatoms. The van der Waals surface area contributed by atoms with E-state index in [-0.39, 0.29) is 5.78 Å². The molecule has 0 aliphatic heterocycles. The average Bonchev–Trinajstić information content (AvgIpc) is 2.62. The van der Waals surface area contributed by atoms with Crippen molar-refractivity contribution in [2.45, 2.75) is 4.90 Å².